The molecule has 0 bridgehead atoms. The van der Waals surface area contributed by atoms with Crippen LogP contribution in [0.15, 0.2) is 23.3 Å². The van der Waals surface area contributed by atoms with Gasteiger partial charge >= 0.3 is 11.9 Å². The van der Waals surface area contributed by atoms with Crippen molar-refractivity contribution in [3.63, 3.8) is 0 Å². The lowest BCUT2D eigenvalue weighted by atomic mass is 9.66. The van der Waals surface area contributed by atoms with Crippen LogP contribution < -0.4 is 11.0 Å². The second kappa shape index (κ2) is 10.8. The number of hydrogen-bond donors (Lipinski definition) is 1. The van der Waals surface area contributed by atoms with Crippen molar-refractivity contribution in [3.8, 4) is 0 Å². The smallest absolute Gasteiger partial charge is 0.304 e. The minimum absolute atomic E-state index is 0.0102. The topological polar surface area (TPSA) is 41.7 Å². The van der Waals surface area contributed by atoms with Gasteiger partial charge in [0.25, 0.3) is 0 Å². The molecule has 2 aliphatic heterocycles. The molecule has 0 aromatic carbocycles. The molecule has 4 heterocycles. The number of pyridine rings is 1. The number of rotatable bonds is 6. The number of halogens is 3. The number of thioether (sulfide) groups is 1. The van der Waals surface area contributed by atoms with Gasteiger partial charge in [-0.05, 0) is 74.0 Å². The summed E-state index contributed by atoms with van der Waals surface area (Å²) < 4.78 is 45.7. The van der Waals surface area contributed by atoms with Crippen molar-refractivity contribution < 1.29 is 13.2 Å². The first-order valence-electron chi connectivity index (χ1n) is 14.7. The second-order valence-corrected chi connectivity index (χ2v) is 13.7. The third-order valence-electron chi connectivity index (χ3n) is 9.71. The normalized spacial score (nSPS) is 30.5. The zero-order valence-corrected chi connectivity index (χ0v) is 23.2. The Balaban J connectivity index is 1.30. The van der Waals surface area contributed by atoms with Crippen LogP contribution in [-0.4, -0.2) is 44.6 Å². The second-order valence-electron chi connectivity index (χ2n) is 12.4. The summed E-state index contributed by atoms with van der Waals surface area (Å²) in [6.07, 6.45) is 8.68. The number of fused-ring (bicyclic) bond motifs is 1. The van der Waals surface area contributed by atoms with Crippen LogP contribution in [-0.2, 0) is 12.7 Å². The van der Waals surface area contributed by atoms with E-state index in [1.165, 1.54) is 35.9 Å². The summed E-state index contributed by atoms with van der Waals surface area (Å²) in [5.41, 5.74) is -0.459. The van der Waals surface area contributed by atoms with Gasteiger partial charge in [0.1, 0.15) is 0 Å². The van der Waals surface area contributed by atoms with E-state index in [4.69, 9.17) is 0 Å². The highest BCUT2D eigenvalue weighted by Gasteiger charge is 2.42. The molecule has 0 radical (unpaired) electrons. The summed E-state index contributed by atoms with van der Waals surface area (Å²) in [5, 5.41) is 4.20. The highest BCUT2D eigenvalue weighted by atomic mass is 32.2. The Labute approximate surface area is 227 Å². The minimum Gasteiger partial charge on any atom is -0.304 e. The Hall–Kier alpha value is -1.45. The molecule has 2 aromatic heterocycles. The predicted molar refractivity (Wildman–Crippen MR) is 146 cm³/mol. The number of alkyl halides is 3. The Morgan fingerprint density at radius 3 is 2.55 bits per heavy atom. The fourth-order valence-electron chi connectivity index (χ4n) is 7.73. The van der Waals surface area contributed by atoms with Crippen LogP contribution in [0.25, 0.3) is 5.52 Å². The van der Waals surface area contributed by atoms with Gasteiger partial charge in [0.15, 0.2) is 0 Å². The molecule has 4 fully saturated rings. The SMILES string of the molecule is C[C@H]1CCCN(Cc2cc(C(F)(F)F)c3cn(C4CCCC([C@H](C5CCC5)C5NCCS5)C4)c(=O)n3c2)C1. The van der Waals surface area contributed by atoms with Crippen molar-refractivity contribution in [2.45, 2.75) is 88.8 Å². The molecule has 2 saturated heterocycles. The molecule has 0 spiro atoms. The van der Waals surface area contributed by atoms with Crippen LogP contribution in [0.4, 0.5) is 13.2 Å². The minimum atomic E-state index is -4.51. The van der Waals surface area contributed by atoms with Gasteiger partial charge in [-0.2, -0.15) is 13.2 Å². The Morgan fingerprint density at radius 2 is 1.87 bits per heavy atom. The van der Waals surface area contributed by atoms with Crippen LogP contribution in [0.3, 0.4) is 0 Å². The van der Waals surface area contributed by atoms with E-state index in [-0.39, 0.29) is 17.2 Å². The number of likely N-dealkylation sites (tertiary alicyclic amines) is 1. The highest BCUT2D eigenvalue weighted by Crippen LogP contribution is 2.48. The van der Waals surface area contributed by atoms with Crippen molar-refractivity contribution in [1.82, 2.24) is 19.2 Å². The molecule has 6 rings (SSSR count). The predicted octanol–water partition coefficient (Wildman–Crippen LogP) is 6.16. The maximum Gasteiger partial charge on any atom is 0.418 e. The zero-order valence-electron chi connectivity index (χ0n) is 22.4. The molecule has 9 heteroatoms. The number of nitrogens with zero attached hydrogens (tertiary/aromatic N) is 3. The fraction of sp³-hybridized carbons (Fsp3) is 0.759. The van der Waals surface area contributed by atoms with Crippen LogP contribution >= 0.6 is 11.8 Å². The molecule has 2 aliphatic carbocycles. The molecule has 38 heavy (non-hydrogen) atoms. The van der Waals surface area contributed by atoms with E-state index < -0.39 is 11.7 Å². The van der Waals surface area contributed by atoms with Gasteiger partial charge in [0.2, 0.25) is 0 Å². The van der Waals surface area contributed by atoms with E-state index in [0.29, 0.717) is 35.2 Å². The van der Waals surface area contributed by atoms with Crippen molar-refractivity contribution in [2.75, 3.05) is 25.4 Å². The molecule has 4 aliphatic rings. The fourth-order valence-corrected chi connectivity index (χ4v) is 9.12. The molecule has 5 nitrogen and oxygen atoms in total. The van der Waals surface area contributed by atoms with E-state index in [2.05, 4.69) is 17.1 Å². The van der Waals surface area contributed by atoms with Crippen LogP contribution in [0.2, 0.25) is 0 Å². The van der Waals surface area contributed by atoms with Gasteiger partial charge in [0, 0.05) is 43.8 Å². The number of piperidine rings is 1. The lowest BCUT2D eigenvalue weighted by molar-refractivity contribution is -0.136. The van der Waals surface area contributed by atoms with Crippen LogP contribution in [0.1, 0.15) is 81.9 Å². The molecule has 2 aromatic rings. The van der Waals surface area contributed by atoms with Gasteiger partial charge in [-0.3, -0.25) is 13.9 Å². The van der Waals surface area contributed by atoms with E-state index in [1.807, 2.05) is 11.8 Å². The zero-order chi connectivity index (χ0) is 26.4. The van der Waals surface area contributed by atoms with Gasteiger partial charge in [-0.15, -0.1) is 11.8 Å². The van der Waals surface area contributed by atoms with Crippen molar-refractivity contribution in [1.29, 1.82) is 0 Å². The number of aromatic nitrogens is 2. The molecule has 1 N–H and O–H groups in total. The number of imidazole rings is 1. The monoisotopic (exact) mass is 550 g/mol. The van der Waals surface area contributed by atoms with Crippen LogP contribution in [0, 0.1) is 23.7 Å². The first-order chi connectivity index (χ1) is 18.3. The standard InChI is InChI=1S/C29H41F3N4OS/c1-19-5-4-11-34(15-19)16-20-13-24(29(30,31)32)25-18-35(28(37)36(25)17-20)23-9-3-8-22(14-23)26(21-6-2-7-21)27-33-10-12-38-27/h13,17-19,21-23,26-27,33H,2-12,14-16H2,1H3/t19-,22?,23?,26-,27?/m0/s1. The van der Waals surface area contributed by atoms with Gasteiger partial charge in [0.05, 0.1) is 16.5 Å². The quantitative estimate of drug-likeness (QED) is 0.468. The average molecular weight is 551 g/mol. The van der Waals surface area contributed by atoms with Gasteiger partial charge in [-0.1, -0.05) is 32.6 Å². The number of nitrogens with one attached hydrogen (secondary N) is 1. The summed E-state index contributed by atoms with van der Waals surface area (Å²) in [4.78, 5) is 15.9. The molecule has 210 valence electrons. The van der Waals surface area contributed by atoms with Crippen molar-refractivity contribution >= 4 is 17.3 Å². The van der Waals surface area contributed by atoms with E-state index in [1.54, 1.807) is 10.8 Å². The molecule has 3 unspecified atom stereocenters. The molecular formula is C29H41F3N4OS. The lowest BCUT2D eigenvalue weighted by Crippen LogP contribution is -2.43. The summed E-state index contributed by atoms with van der Waals surface area (Å²) in [6.45, 7) is 5.46. The average Bonchev–Trinajstić information content (AvgIpc) is 3.49. The highest BCUT2D eigenvalue weighted by molar-refractivity contribution is 8.00. The lowest BCUT2D eigenvalue weighted by Gasteiger charge is -2.44. The molecule has 2 saturated carbocycles. The first kappa shape index (κ1) is 26.8. The number of hydrogen-bond acceptors (Lipinski definition) is 4. The first-order valence-corrected chi connectivity index (χ1v) is 15.7. The van der Waals surface area contributed by atoms with Crippen LogP contribution in [0.5, 0.6) is 0 Å². The maximum atomic E-state index is 14.2. The van der Waals surface area contributed by atoms with E-state index >= 15 is 0 Å². The summed E-state index contributed by atoms with van der Waals surface area (Å²) in [7, 11) is 0. The van der Waals surface area contributed by atoms with Crippen molar-refractivity contribution in [2.24, 2.45) is 23.7 Å². The largest absolute Gasteiger partial charge is 0.418 e. The summed E-state index contributed by atoms with van der Waals surface area (Å²) in [6, 6.07) is 1.24. The third-order valence-corrected chi connectivity index (χ3v) is 11.0. The van der Waals surface area contributed by atoms with E-state index in [9.17, 15) is 18.0 Å². The molecular weight excluding hydrogens is 509 g/mol. The summed E-state index contributed by atoms with van der Waals surface area (Å²) in [5.74, 6) is 3.53. The Morgan fingerprint density at radius 1 is 1.08 bits per heavy atom. The Bertz CT molecular complexity index is 1180. The van der Waals surface area contributed by atoms with Crippen molar-refractivity contribution in [3.05, 3.63) is 40.1 Å². The maximum absolute atomic E-state index is 14.2. The third kappa shape index (κ3) is 5.31. The van der Waals surface area contributed by atoms with Gasteiger partial charge in [-0.25, -0.2) is 4.79 Å². The summed E-state index contributed by atoms with van der Waals surface area (Å²) >= 11 is 2.03. The Kier molecular flexibility index (Phi) is 7.64. The molecule has 0 amide bonds. The van der Waals surface area contributed by atoms with Gasteiger partial charge < -0.3 is 5.32 Å². The molecule has 5 atom stereocenters. The van der Waals surface area contributed by atoms with E-state index in [0.717, 1.165) is 69.8 Å².